The smallest absolute Gasteiger partial charge is 0.236 e. The standard InChI is InChI=1S/C16H19NO2S2/c18-14-10-16(6-8-21-12-16)15(19)17(14)7-9-20-11-13-4-2-1-3-5-13/h1-5H,6-12H2. The molecule has 2 saturated heterocycles. The number of nitrogens with zero attached hydrogens (tertiary/aromatic N) is 1. The average Bonchev–Trinajstić information content (AvgIpc) is 3.05. The molecule has 112 valence electrons. The van der Waals surface area contributed by atoms with E-state index in [1.165, 1.54) is 10.5 Å². The minimum absolute atomic E-state index is 0.0304. The molecule has 0 saturated carbocycles. The summed E-state index contributed by atoms with van der Waals surface area (Å²) in [5.74, 6) is 3.69. The molecule has 0 aromatic heterocycles. The van der Waals surface area contributed by atoms with Gasteiger partial charge in [0.1, 0.15) is 0 Å². The summed E-state index contributed by atoms with van der Waals surface area (Å²) in [6, 6.07) is 10.3. The summed E-state index contributed by atoms with van der Waals surface area (Å²) < 4.78 is 0. The quantitative estimate of drug-likeness (QED) is 0.617. The molecule has 2 heterocycles. The van der Waals surface area contributed by atoms with Crippen molar-refractivity contribution in [1.82, 2.24) is 4.90 Å². The van der Waals surface area contributed by atoms with Crippen molar-refractivity contribution in [3.05, 3.63) is 35.9 Å². The molecule has 1 aromatic rings. The molecule has 3 nitrogen and oxygen atoms in total. The van der Waals surface area contributed by atoms with Crippen molar-refractivity contribution in [3.8, 4) is 0 Å². The van der Waals surface area contributed by atoms with E-state index in [4.69, 9.17) is 0 Å². The van der Waals surface area contributed by atoms with Crippen molar-refractivity contribution in [3.63, 3.8) is 0 Å². The minimum Gasteiger partial charge on any atom is -0.281 e. The first-order valence-corrected chi connectivity index (χ1v) is 9.56. The zero-order chi connectivity index (χ0) is 14.7. The van der Waals surface area contributed by atoms with Gasteiger partial charge in [-0.1, -0.05) is 30.3 Å². The molecule has 0 aliphatic carbocycles. The summed E-state index contributed by atoms with van der Waals surface area (Å²) in [4.78, 5) is 26.1. The van der Waals surface area contributed by atoms with E-state index < -0.39 is 0 Å². The van der Waals surface area contributed by atoms with Gasteiger partial charge in [-0.25, -0.2) is 0 Å². The number of benzene rings is 1. The predicted octanol–water partition coefficient (Wildman–Crippen LogP) is 2.80. The summed E-state index contributed by atoms with van der Waals surface area (Å²) in [5, 5.41) is 0. The highest BCUT2D eigenvalue weighted by Crippen LogP contribution is 2.44. The number of hydrogen-bond donors (Lipinski definition) is 0. The molecule has 2 aliphatic rings. The largest absolute Gasteiger partial charge is 0.281 e. The van der Waals surface area contributed by atoms with Gasteiger partial charge in [0.05, 0.1) is 5.41 Å². The number of thioether (sulfide) groups is 2. The maximum Gasteiger partial charge on any atom is 0.236 e. The molecule has 0 radical (unpaired) electrons. The molecule has 0 bridgehead atoms. The number of amides is 2. The summed E-state index contributed by atoms with van der Waals surface area (Å²) >= 11 is 3.58. The van der Waals surface area contributed by atoms with Gasteiger partial charge in [0, 0.05) is 30.2 Å². The Hall–Kier alpha value is -0.940. The zero-order valence-electron chi connectivity index (χ0n) is 11.9. The van der Waals surface area contributed by atoms with Crippen molar-refractivity contribution in [2.75, 3.05) is 23.8 Å². The molecule has 21 heavy (non-hydrogen) atoms. The molecule has 2 fully saturated rings. The summed E-state index contributed by atoms with van der Waals surface area (Å²) in [6.45, 7) is 0.557. The van der Waals surface area contributed by atoms with Crippen molar-refractivity contribution in [1.29, 1.82) is 0 Å². The van der Waals surface area contributed by atoms with Crippen LogP contribution >= 0.6 is 23.5 Å². The lowest BCUT2D eigenvalue weighted by molar-refractivity contribution is -0.140. The van der Waals surface area contributed by atoms with Gasteiger partial charge < -0.3 is 0 Å². The minimum atomic E-state index is -0.355. The molecule has 1 unspecified atom stereocenters. The highest BCUT2D eigenvalue weighted by atomic mass is 32.2. The van der Waals surface area contributed by atoms with Crippen molar-refractivity contribution >= 4 is 35.3 Å². The fourth-order valence-corrected chi connectivity index (χ4v) is 5.25. The number of rotatable bonds is 5. The summed E-state index contributed by atoms with van der Waals surface area (Å²) in [6.07, 6.45) is 1.30. The molecule has 2 amide bonds. The molecule has 5 heteroatoms. The Morgan fingerprint density at radius 1 is 1.24 bits per heavy atom. The lowest BCUT2D eigenvalue weighted by Gasteiger charge is -2.20. The average molecular weight is 321 g/mol. The van der Waals surface area contributed by atoms with E-state index in [0.717, 1.165) is 29.4 Å². The van der Waals surface area contributed by atoms with Crippen LogP contribution in [0.2, 0.25) is 0 Å². The first kappa shape index (κ1) is 15.0. The lowest BCUT2D eigenvalue weighted by atomic mass is 9.86. The van der Waals surface area contributed by atoms with Crippen LogP contribution in [0.25, 0.3) is 0 Å². The van der Waals surface area contributed by atoms with Crippen LogP contribution in [0, 0.1) is 5.41 Å². The highest BCUT2D eigenvalue weighted by Gasteiger charge is 2.52. The van der Waals surface area contributed by atoms with Gasteiger partial charge in [-0.3, -0.25) is 14.5 Å². The van der Waals surface area contributed by atoms with Gasteiger partial charge in [-0.2, -0.15) is 23.5 Å². The van der Waals surface area contributed by atoms with E-state index >= 15 is 0 Å². The maximum absolute atomic E-state index is 12.5. The van der Waals surface area contributed by atoms with Crippen LogP contribution < -0.4 is 0 Å². The predicted molar refractivity (Wildman–Crippen MR) is 88.3 cm³/mol. The van der Waals surface area contributed by atoms with E-state index in [2.05, 4.69) is 12.1 Å². The Balaban J connectivity index is 1.49. The Morgan fingerprint density at radius 2 is 2.05 bits per heavy atom. The van der Waals surface area contributed by atoms with E-state index in [9.17, 15) is 9.59 Å². The molecule has 0 N–H and O–H groups in total. The molecule has 3 rings (SSSR count). The van der Waals surface area contributed by atoms with Crippen molar-refractivity contribution in [2.24, 2.45) is 5.41 Å². The lowest BCUT2D eigenvalue weighted by Crippen LogP contribution is -2.37. The Labute approximate surface area is 133 Å². The van der Waals surface area contributed by atoms with Gasteiger partial charge in [0.25, 0.3) is 0 Å². The second-order valence-electron chi connectivity index (χ2n) is 5.65. The third-order valence-electron chi connectivity index (χ3n) is 4.16. The van der Waals surface area contributed by atoms with Gasteiger partial charge in [0.2, 0.25) is 11.8 Å². The zero-order valence-corrected chi connectivity index (χ0v) is 13.5. The van der Waals surface area contributed by atoms with Crippen LogP contribution in [0.3, 0.4) is 0 Å². The van der Waals surface area contributed by atoms with Gasteiger partial charge >= 0.3 is 0 Å². The van der Waals surface area contributed by atoms with Crippen LogP contribution in [0.1, 0.15) is 18.4 Å². The molecule has 1 spiro atoms. The molecular formula is C16H19NO2S2. The molecule has 1 atom stereocenters. The van der Waals surface area contributed by atoms with Crippen LogP contribution in [0.4, 0.5) is 0 Å². The third kappa shape index (κ3) is 3.14. The fraction of sp³-hybridized carbons (Fsp3) is 0.500. The van der Waals surface area contributed by atoms with Crippen LogP contribution in [0.5, 0.6) is 0 Å². The number of likely N-dealkylation sites (tertiary alicyclic amines) is 1. The normalized spacial score (nSPS) is 25.2. The fourth-order valence-electron chi connectivity index (χ4n) is 2.92. The van der Waals surface area contributed by atoms with Gasteiger partial charge in [-0.15, -0.1) is 0 Å². The topological polar surface area (TPSA) is 37.4 Å². The number of imide groups is 1. The Morgan fingerprint density at radius 3 is 2.76 bits per heavy atom. The number of carbonyl (C=O) groups excluding carboxylic acids is 2. The first-order valence-electron chi connectivity index (χ1n) is 7.25. The third-order valence-corrected chi connectivity index (χ3v) is 6.42. The van der Waals surface area contributed by atoms with E-state index in [1.807, 2.05) is 18.2 Å². The monoisotopic (exact) mass is 321 g/mol. The Bertz CT molecular complexity index is 526. The highest BCUT2D eigenvalue weighted by molar-refractivity contribution is 7.99. The van der Waals surface area contributed by atoms with E-state index in [0.29, 0.717) is 13.0 Å². The summed E-state index contributed by atoms with van der Waals surface area (Å²) in [7, 11) is 0. The molecule has 1 aromatic carbocycles. The maximum atomic E-state index is 12.5. The van der Waals surface area contributed by atoms with E-state index in [-0.39, 0.29) is 17.2 Å². The second-order valence-corrected chi connectivity index (χ2v) is 7.86. The van der Waals surface area contributed by atoms with Crippen molar-refractivity contribution < 1.29 is 9.59 Å². The Kier molecular flexibility index (Phi) is 4.60. The summed E-state index contributed by atoms with van der Waals surface area (Å²) in [5.41, 5.74) is 0.927. The first-order chi connectivity index (χ1) is 10.2. The molecular weight excluding hydrogens is 302 g/mol. The van der Waals surface area contributed by atoms with Crippen LogP contribution in [-0.4, -0.2) is 40.5 Å². The second kappa shape index (κ2) is 6.44. The van der Waals surface area contributed by atoms with E-state index in [1.54, 1.807) is 23.5 Å². The van der Waals surface area contributed by atoms with Gasteiger partial charge in [0.15, 0.2) is 0 Å². The van der Waals surface area contributed by atoms with Crippen LogP contribution in [-0.2, 0) is 15.3 Å². The molecule has 2 aliphatic heterocycles. The number of carbonyl (C=O) groups is 2. The number of hydrogen-bond acceptors (Lipinski definition) is 4. The van der Waals surface area contributed by atoms with Crippen molar-refractivity contribution in [2.45, 2.75) is 18.6 Å². The SMILES string of the molecule is O=C1CC2(CCSC2)C(=O)N1CCSCc1ccccc1. The van der Waals surface area contributed by atoms with Gasteiger partial charge in [-0.05, 0) is 17.7 Å². The van der Waals surface area contributed by atoms with Crippen LogP contribution in [0.15, 0.2) is 30.3 Å².